The largest absolute Gasteiger partial charge is 0.337 e. The van der Waals surface area contributed by atoms with E-state index in [-0.39, 0.29) is 5.41 Å². The van der Waals surface area contributed by atoms with Crippen molar-refractivity contribution in [1.82, 2.24) is 4.98 Å². The van der Waals surface area contributed by atoms with Crippen molar-refractivity contribution in [2.24, 2.45) is 0 Å². The van der Waals surface area contributed by atoms with Gasteiger partial charge < -0.3 is 9.79 Å². The highest BCUT2D eigenvalue weighted by Crippen LogP contribution is 2.61. The molecular formula is C15H26NO3PS. The number of rotatable bonds is 5. The summed E-state index contributed by atoms with van der Waals surface area (Å²) in [7, 11) is -4.23. The molecule has 0 radical (unpaired) electrons. The maximum Gasteiger partial charge on any atom is 0.337 e. The first-order valence-corrected chi connectivity index (χ1v) is 10.3. The molecule has 1 aromatic rings. The van der Waals surface area contributed by atoms with E-state index < -0.39 is 12.8 Å². The molecule has 0 unspecified atom stereocenters. The third kappa shape index (κ3) is 2.98. The smallest absolute Gasteiger partial charge is 0.324 e. The maximum absolute atomic E-state index is 12.0. The van der Waals surface area contributed by atoms with Crippen LogP contribution in [-0.4, -0.2) is 14.8 Å². The van der Waals surface area contributed by atoms with Gasteiger partial charge in [-0.25, -0.2) is 4.98 Å². The third-order valence-corrected chi connectivity index (χ3v) is 8.31. The van der Waals surface area contributed by atoms with Gasteiger partial charge in [0.25, 0.3) is 0 Å². The Labute approximate surface area is 131 Å². The first-order chi connectivity index (χ1) is 9.79. The van der Waals surface area contributed by atoms with Crippen LogP contribution in [0.5, 0.6) is 0 Å². The molecule has 0 spiro atoms. The van der Waals surface area contributed by atoms with Gasteiger partial charge in [-0.15, -0.1) is 11.3 Å². The Bertz CT molecular complexity index is 527. The molecule has 1 heterocycles. The molecule has 1 aliphatic rings. The Morgan fingerprint density at radius 3 is 2.33 bits per heavy atom. The van der Waals surface area contributed by atoms with Gasteiger partial charge in [-0.3, -0.25) is 4.57 Å². The highest BCUT2D eigenvalue weighted by atomic mass is 32.1. The van der Waals surface area contributed by atoms with Gasteiger partial charge in [0.15, 0.2) is 0 Å². The first-order valence-electron chi connectivity index (χ1n) is 7.81. The van der Waals surface area contributed by atoms with Crippen molar-refractivity contribution < 1.29 is 14.4 Å². The Morgan fingerprint density at radius 2 is 1.86 bits per heavy atom. The number of aromatic nitrogens is 1. The summed E-state index contributed by atoms with van der Waals surface area (Å²) >= 11 is 1.57. The lowest BCUT2D eigenvalue weighted by molar-refractivity contribution is 0.306. The van der Waals surface area contributed by atoms with Crippen LogP contribution >= 0.6 is 18.9 Å². The molecule has 21 heavy (non-hydrogen) atoms. The molecule has 0 bridgehead atoms. The van der Waals surface area contributed by atoms with Crippen molar-refractivity contribution >= 4 is 18.9 Å². The number of thiazole rings is 1. The van der Waals surface area contributed by atoms with E-state index in [2.05, 4.69) is 6.92 Å². The summed E-state index contributed by atoms with van der Waals surface area (Å²) in [6.07, 6.45) is 6.79. The molecule has 6 heteroatoms. The number of hydrogen-bond acceptors (Lipinski definition) is 3. The van der Waals surface area contributed by atoms with E-state index in [1.165, 1.54) is 19.3 Å². The van der Waals surface area contributed by atoms with Crippen LogP contribution < -0.4 is 0 Å². The van der Waals surface area contributed by atoms with E-state index in [0.29, 0.717) is 18.5 Å². The SMILES string of the molecule is CCC(CC)(c1csc(C2(C)CCCCC2)n1)P(=O)(O)O. The summed E-state index contributed by atoms with van der Waals surface area (Å²) in [6.45, 7) is 5.92. The average molecular weight is 331 g/mol. The highest BCUT2D eigenvalue weighted by Gasteiger charge is 2.47. The van der Waals surface area contributed by atoms with Crippen LogP contribution in [-0.2, 0) is 15.1 Å². The lowest BCUT2D eigenvalue weighted by Gasteiger charge is -2.33. The van der Waals surface area contributed by atoms with E-state index in [1.54, 1.807) is 11.3 Å². The van der Waals surface area contributed by atoms with Gasteiger partial charge in [-0.05, 0) is 25.7 Å². The van der Waals surface area contributed by atoms with Gasteiger partial charge in [0.2, 0.25) is 0 Å². The minimum atomic E-state index is -4.23. The molecule has 0 aromatic carbocycles. The van der Waals surface area contributed by atoms with E-state index in [4.69, 9.17) is 4.98 Å². The summed E-state index contributed by atoms with van der Waals surface area (Å²) in [5, 5.41) is 1.81. The normalized spacial score (nSPS) is 19.7. The molecule has 1 aliphatic carbocycles. The van der Waals surface area contributed by atoms with Crippen molar-refractivity contribution in [3.63, 3.8) is 0 Å². The van der Waals surface area contributed by atoms with Crippen LogP contribution in [0, 0.1) is 0 Å². The summed E-state index contributed by atoms with van der Waals surface area (Å²) < 4.78 is 12.0. The van der Waals surface area contributed by atoms with Crippen LogP contribution in [0.15, 0.2) is 5.38 Å². The molecule has 4 nitrogen and oxygen atoms in total. The molecule has 1 fully saturated rings. The van der Waals surface area contributed by atoms with Crippen molar-refractivity contribution in [3.05, 3.63) is 16.1 Å². The number of hydrogen-bond donors (Lipinski definition) is 2. The molecule has 2 rings (SSSR count). The zero-order valence-corrected chi connectivity index (χ0v) is 14.8. The summed E-state index contributed by atoms with van der Waals surface area (Å²) in [4.78, 5) is 24.4. The summed E-state index contributed by atoms with van der Waals surface area (Å²) in [5.41, 5.74) is 0.677. The fourth-order valence-electron chi connectivity index (χ4n) is 3.48. The van der Waals surface area contributed by atoms with Gasteiger partial charge in [-0.2, -0.15) is 0 Å². The predicted molar refractivity (Wildman–Crippen MR) is 86.9 cm³/mol. The van der Waals surface area contributed by atoms with Crippen LogP contribution in [0.4, 0.5) is 0 Å². The summed E-state index contributed by atoms with van der Waals surface area (Å²) in [5.74, 6) is 0. The van der Waals surface area contributed by atoms with E-state index in [0.717, 1.165) is 17.8 Å². The van der Waals surface area contributed by atoms with E-state index in [9.17, 15) is 14.4 Å². The monoisotopic (exact) mass is 331 g/mol. The minimum Gasteiger partial charge on any atom is -0.324 e. The molecule has 0 saturated heterocycles. The first kappa shape index (κ1) is 17.1. The van der Waals surface area contributed by atoms with Gasteiger partial charge in [0.1, 0.15) is 5.16 Å². The highest BCUT2D eigenvalue weighted by molar-refractivity contribution is 7.53. The molecule has 1 aromatic heterocycles. The second-order valence-electron chi connectivity index (χ2n) is 6.44. The van der Waals surface area contributed by atoms with Crippen LogP contribution in [0.3, 0.4) is 0 Å². The maximum atomic E-state index is 12.0. The second-order valence-corrected chi connectivity index (χ2v) is 9.24. The van der Waals surface area contributed by atoms with Crippen LogP contribution in [0.1, 0.15) is 76.4 Å². The van der Waals surface area contributed by atoms with E-state index >= 15 is 0 Å². The lowest BCUT2D eigenvalue weighted by atomic mass is 9.76. The number of nitrogens with zero attached hydrogens (tertiary/aromatic N) is 1. The van der Waals surface area contributed by atoms with Gasteiger partial charge in [-0.1, -0.05) is 40.0 Å². The molecule has 0 amide bonds. The Balaban J connectivity index is 2.40. The molecular weight excluding hydrogens is 305 g/mol. The summed E-state index contributed by atoms with van der Waals surface area (Å²) in [6, 6.07) is 0. The minimum absolute atomic E-state index is 0.0866. The molecule has 120 valence electrons. The van der Waals surface area contributed by atoms with Gasteiger partial charge in [0, 0.05) is 10.8 Å². The fourth-order valence-corrected chi connectivity index (χ4v) is 5.95. The molecule has 0 atom stereocenters. The molecule has 1 saturated carbocycles. The average Bonchev–Trinajstić information content (AvgIpc) is 2.91. The predicted octanol–water partition coefficient (Wildman–Crippen LogP) is 4.56. The van der Waals surface area contributed by atoms with Crippen molar-refractivity contribution in [1.29, 1.82) is 0 Å². The third-order valence-electron chi connectivity index (χ3n) is 5.18. The van der Waals surface area contributed by atoms with Crippen LogP contribution in [0.25, 0.3) is 0 Å². The van der Waals surface area contributed by atoms with Gasteiger partial charge >= 0.3 is 7.60 Å². The zero-order valence-electron chi connectivity index (χ0n) is 13.1. The second kappa shape index (κ2) is 6.11. The molecule has 0 aliphatic heterocycles. The topological polar surface area (TPSA) is 70.4 Å². The fraction of sp³-hybridized carbons (Fsp3) is 0.800. The Morgan fingerprint density at radius 1 is 1.29 bits per heavy atom. The quantitative estimate of drug-likeness (QED) is 0.776. The van der Waals surface area contributed by atoms with Gasteiger partial charge in [0.05, 0.1) is 10.7 Å². The molecule has 2 N–H and O–H groups in total. The standard InChI is InChI=1S/C15H26NO3PS/c1-4-15(5-2,20(17,18)19)12-11-21-13(16-12)14(3)9-7-6-8-10-14/h11H,4-10H2,1-3H3,(H2,17,18,19). The zero-order chi connectivity index (χ0) is 15.7. The Kier molecular flexibility index (Phi) is 4.99. The van der Waals surface area contributed by atoms with Crippen LogP contribution in [0.2, 0.25) is 0 Å². The van der Waals surface area contributed by atoms with Crippen molar-refractivity contribution in [3.8, 4) is 0 Å². The van der Waals surface area contributed by atoms with Crippen molar-refractivity contribution in [2.75, 3.05) is 0 Å². The van der Waals surface area contributed by atoms with Crippen molar-refractivity contribution in [2.45, 2.75) is 76.3 Å². The lowest BCUT2D eigenvalue weighted by Crippen LogP contribution is -2.27. The van der Waals surface area contributed by atoms with E-state index in [1.807, 2.05) is 19.2 Å². The Hall–Kier alpha value is -0.220.